The number of benzene rings is 1. The van der Waals surface area contributed by atoms with Gasteiger partial charge in [0.1, 0.15) is 17.5 Å². The third kappa shape index (κ3) is 2.52. The normalized spacial score (nSPS) is 26.3. The number of para-hydroxylation sites is 1. The summed E-state index contributed by atoms with van der Waals surface area (Å²) < 4.78 is 5.89. The molecule has 0 bridgehead atoms. The molecule has 100 valence electrons. The summed E-state index contributed by atoms with van der Waals surface area (Å²) in [5, 5.41) is 14.0. The van der Waals surface area contributed by atoms with E-state index in [9.17, 15) is 5.11 Å². The molecule has 18 heavy (non-hydrogen) atoms. The highest BCUT2D eigenvalue weighted by Gasteiger charge is 2.43. The SMILES string of the molecule is CC(C)(C)N[C@@H]1c2ccccc2OC(C)(C)[C@H]1O. The Kier molecular flexibility index (Phi) is 3.16. The number of hydrogen-bond donors (Lipinski definition) is 2. The first-order chi connectivity index (χ1) is 8.21. The van der Waals surface area contributed by atoms with Crippen LogP contribution in [-0.2, 0) is 0 Å². The summed E-state index contributed by atoms with van der Waals surface area (Å²) in [6, 6.07) is 7.80. The molecule has 1 aromatic carbocycles. The molecule has 3 heteroatoms. The molecule has 0 amide bonds. The molecule has 2 rings (SSSR count). The summed E-state index contributed by atoms with van der Waals surface area (Å²) in [7, 11) is 0. The van der Waals surface area contributed by atoms with Crippen LogP contribution >= 0.6 is 0 Å². The van der Waals surface area contributed by atoms with Crippen LogP contribution in [0.4, 0.5) is 0 Å². The smallest absolute Gasteiger partial charge is 0.131 e. The first-order valence-electron chi connectivity index (χ1n) is 6.44. The maximum absolute atomic E-state index is 10.5. The van der Waals surface area contributed by atoms with Gasteiger partial charge in [-0.15, -0.1) is 0 Å². The molecule has 0 saturated heterocycles. The fourth-order valence-corrected chi connectivity index (χ4v) is 2.37. The Bertz CT molecular complexity index is 434. The highest BCUT2D eigenvalue weighted by atomic mass is 16.5. The van der Waals surface area contributed by atoms with Gasteiger partial charge in [0.15, 0.2) is 0 Å². The third-order valence-electron chi connectivity index (χ3n) is 3.24. The molecule has 0 saturated carbocycles. The van der Waals surface area contributed by atoms with E-state index in [4.69, 9.17) is 4.74 Å². The van der Waals surface area contributed by atoms with Crippen LogP contribution in [0, 0.1) is 0 Å². The molecule has 0 aromatic heterocycles. The van der Waals surface area contributed by atoms with E-state index < -0.39 is 11.7 Å². The predicted octanol–water partition coefficient (Wildman–Crippen LogP) is 2.65. The molecule has 1 heterocycles. The lowest BCUT2D eigenvalue weighted by Gasteiger charge is -2.44. The number of fused-ring (bicyclic) bond motifs is 1. The van der Waals surface area contributed by atoms with Gasteiger partial charge >= 0.3 is 0 Å². The highest BCUT2D eigenvalue weighted by Crippen LogP contribution is 2.40. The molecular formula is C15H23NO2. The molecule has 0 fully saturated rings. The van der Waals surface area contributed by atoms with Gasteiger partial charge in [-0.2, -0.15) is 0 Å². The molecule has 0 aliphatic carbocycles. The van der Waals surface area contributed by atoms with Gasteiger partial charge < -0.3 is 15.2 Å². The Morgan fingerprint density at radius 3 is 2.44 bits per heavy atom. The Morgan fingerprint density at radius 2 is 1.83 bits per heavy atom. The fraction of sp³-hybridized carbons (Fsp3) is 0.600. The van der Waals surface area contributed by atoms with Crippen molar-refractivity contribution >= 4 is 0 Å². The predicted molar refractivity (Wildman–Crippen MR) is 72.8 cm³/mol. The average Bonchev–Trinajstić information content (AvgIpc) is 2.23. The van der Waals surface area contributed by atoms with Gasteiger partial charge in [0.2, 0.25) is 0 Å². The third-order valence-corrected chi connectivity index (χ3v) is 3.24. The topological polar surface area (TPSA) is 41.5 Å². The lowest BCUT2D eigenvalue weighted by molar-refractivity contribution is -0.0685. The van der Waals surface area contributed by atoms with Gasteiger partial charge in [-0.05, 0) is 40.7 Å². The molecule has 1 aromatic rings. The van der Waals surface area contributed by atoms with Crippen molar-refractivity contribution in [2.24, 2.45) is 0 Å². The lowest BCUT2D eigenvalue weighted by atomic mass is 9.85. The zero-order chi connectivity index (χ0) is 13.6. The van der Waals surface area contributed by atoms with Crippen LogP contribution in [0.3, 0.4) is 0 Å². The first kappa shape index (κ1) is 13.4. The lowest BCUT2D eigenvalue weighted by Crippen LogP contribution is -2.55. The number of nitrogens with one attached hydrogen (secondary N) is 1. The van der Waals surface area contributed by atoms with E-state index in [1.54, 1.807) is 0 Å². The van der Waals surface area contributed by atoms with Crippen LogP contribution in [0.1, 0.15) is 46.2 Å². The quantitative estimate of drug-likeness (QED) is 0.804. The number of rotatable bonds is 1. The minimum Gasteiger partial charge on any atom is -0.485 e. The van der Waals surface area contributed by atoms with Crippen LogP contribution in [0.15, 0.2) is 24.3 Å². The van der Waals surface area contributed by atoms with E-state index in [1.165, 1.54) is 0 Å². The summed E-state index contributed by atoms with van der Waals surface area (Å²) in [4.78, 5) is 0. The number of hydrogen-bond acceptors (Lipinski definition) is 3. The van der Waals surface area contributed by atoms with Crippen molar-refractivity contribution in [3.05, 3.63) is 29.8 Å². The van der Waals surface area contributed by atoms with Crippen LogP contribution in [-0.4, -0.2) is 22.4 Å². The van der Waals surface area contributed by atoms with E-state index in [1.807, 2.05) is 38.1 Å². The van der Waals surface area contributed by atoms with Crippen LogP contribution in [0.5, 0.6) is 5.75 Å². The van der Waals surface area contributed by atoms with Crippen molar-refractivity contribution in [1.29, 1.82) is 0 Å². The second kappa shape index (κ2) is 4.25. The minimum atomic E-state index is -0.586. The molecule has 2 atom stereocenters. The molecule has 0 unspecified atom stereocenters. The first-order valence-corrected chi connectivity index (χ1v) is 6.44. The number of ether oxygens (including phenoxy) is 1. The number of aliphatic hydroxyl groups excluding tert-OH is 1. The molecule has 0 spiro atoms. The molecule has 2 N–H and O–H groups in total. The van der Waals surface area contributed by atoms with E-state index in [0.717, 1.165) is 11.3 Å². The van der Waals surface area contributed by atoms with Crippen molar-refractivity contribution in [3.8, 4) is 5.75 Å². The van der Waals surface area contributed by atoms with E-state index >= 15 is 0 Å². The standard InChI is InChI=1S/C15H23NO2/c1-14(2,3)16-12-10-8-6-7-9-11(10)18-15(4,5)13(12)17/h6-9,12-13,16-17H,1-5H3/t12-,13+/m1/s1. The number of aliphatic hydroxyl groups is 1. The van der Waals surface area contributed by atoms with Crippen molar-refractivity contribution in [2.75, 3.05) is 0 Å². The van der Waals surface area contributed by atoms with E-state index in [-0.39, 0.29) is 11.6 Å². The van der Waals surface area contributed by atoms with Gasteiger partial charge in [0.25, 0.3) is 0 Å². The van der Waals surface area contributed by atoms with Crippen molar-refractivity contribution < 1.29 is 9.84 Å². The Balaban J connectivity index is 2.42. The zero-order valence-corrected chi connectivity index (χ0v) is 11.8. The molecular weight excluding hydrogens is 226 g/mol. The molecule has 3 nitrogen and oxygen atoms in total. The van der Waals surface area contributed by atoms with Gasteiger partial charge in [-0.3, -0.25) is 0 Å². The monoisotopic (exact) mass is 249 g/mol. The van der Waals surface area contributed by atoms with Crippen LogP contribution in [0.2, 0.25) is 0 Å². The second-order valence-corrected chi connectivity index (χ2v) is 6.56. The van der Waals surface area contributed by atoms with Gasteiger partial charge in [-0.1, -0.05) is 18.2 Å². The van der Waals surface area contributed by atoms with Crippen molar-refractivity contribution in [1.82, 2.24) is 5.32 Å². The average molecular weight is 249 g/mol. The van der Waals surface area contributed by atoms with Crippen molar-refractivity contribution in [2.45, 2.75) is 57.9 Å². The largest absolute Gasteiger partial charge is 0.485 e. The zero-order valence-electron chi connectivity index (χ0n) is 11.8. The maximum Gasteiger partial charge on any atom is 0.131 e. The molecule has 0 radical (unpaired) electrons. The Labute approximate surface area is 109 Å². The van der Waals surface area contributed by atoms with Gasteiger partial charge in [0, 0.05) is 11.1 Å². The highest BCUT2D eigenvalue weighted by molar-refractivity contribution is 5.40. The summed E-state index contributed by atoms with van der Waals surface area (Å²) >= 11 is 0. The summed E-state index contributed by atoms with van der Waals surface area (Å²) in [5.74, 6) is 0.856. The van der Waals surface area contributed by atoms with E-state index in [2.05, 4.69) is 26.1 Å². The second-order valence-electron chi connectivity index (χ2n) is 6.56. The van der Waals surface area contributed by atoms with E-state index in [0.29, 0.717) is 0 Å². The summed E-state index contributed by atoms with van der Waals surface area (Å²) in [6.07, 6.45) is -0.577. The van der Waals surface area contributed by atoms with Crippen LogP contribution in [0.25, 0.3) is 0 Å². The summed E-state index contributed by atoms with van der Waals surface area (Å²) in [6.45, 7) is 10.1. The van der Waals surface area contributed by atoms with Crippen LogP contribution < -0.4 is 10.1 Å². The van der Waals surface area contributed by atoms with Crippen molar-refractivity contribution in [3.63, 3.8) is 0 Å². The van der Waals surface area contributed by atoms with Gasteiger partial charge in [0.05, 0.1) is 6.04 Å². The Morgan fingerprint density at radius 1 is 1.22 bits per heavy atom. The summed E-state index contributed by atoms with van der Waals surface area (Å²) in [5.41, 5.74) is 0.378. The molecule has 1 aliphatic rings. The minimum absolute atomic E-state index is 0.0633. The molecule has 1 aliphatic heterocycles. The Hall–Kier alpha value is -1.06. The maximum atomic E-state index is 10.5. The fourth-order valence-electron chi connectivity index (χ4n) is 2.37. The van der Waals surface area contributed by atoms with Gasteiger partial charge in [-0.25, -0.2) is 0 Å².